The zero-order valence-corrected chi connectivity index (χ0v) is 7.04. The van der Waals surface area contributed by atoms with Gasteiger partial charge in [0.05, 0.1) is 12.0 Å². The summed E-state index contributed by atoms with van der Waals surface area (Å²) in [6.45, 7) is 0. The van der Waals surface area contributed by atoms with Gasteiger partial charge in [-0.2, -0.15) is 13.2 Å². The molecule has 1 atom stereocenters. The van der Waals surface area contributed by atoms with Gasteiger partial charge in [-0.25, -0.2) is 4.98 Å². The molecule has 0 aliphatic carbocycles. The number of nitrogens with two attached hydrogens (primary N) is 1. The van der Waals surface area contributed by atoms with Crippen molar-refractivity contribution in [3.8, 4) is 0 Å². The molecule has 0 radical (unpaired) electrons. The Morgan fingerprint density at radius 3 is 2.62 bits per heavy atom. The minimum Gasteiger partial charge on any atom is -0.340 e. The first-order valence-electron chi connectivity index (χ1n) is 3.68. The number of hydrogen-bond donors (Lipinski definition) is 1. The Kier molecular flexibility index (Phi) is 2.60. The number of aromatic nitrogens is 2. The first-order valence-corrected chi connectivity index (χ1v) is 3.68. The molecule has 0 aliphatic rings. The highest BCUT2D eigenvalue weighted by atomic mass is 19.4. The summed E-state index contributed by atoms with van der Waals surface area (Å²) in [6, 6.07) is -1.83. The molecule has 0 saturated heterocycles. The van der Waals surface area contributed by atoms with Crippen LogP contribution in [0, 0.1) is 0 Å². The van der Waals surface area contributed by atoms with Crippen molar-refractivity contribution in [3.05, 3.63) is 18.2 Å². The lowest BCUT2D eigenvalue weighted by atomic mass is 10.2. The van der Waals surface area contributed by atoms with E-state index in [4.69, 9.17) is 5.73 Å². The van der Waals surface area contributed by atoms with Gasteiger partial charge < -0.3 is 10.3 Å². The van der Waals surface area contributed by atoms with Gasteiger partial charge in [-0.05, 0) is 0 Å². The number of rotatable bonds is 2. The maximum absolute atomic E-state index is 12.0. The molecule has 0 saturated carbocycles. The number of nitrogens with zero attached hydrogens (tertiary/aromatic N) is 2. The van der Waals surface area contributed by atoms with Crippen LogP contribution in [0.15, 0.2) is 12.5 Å². The molecule has 74 valence electrons. The summed E-state index contributed by atoms with van der Waals surface area (Å²) in [7, 11) is 1.69. The van der Waals surface area contributed by atoms with Crippen LogP contribution in [-0.2, 0) is 13.5 Å². The lowest BCUT2D eigenvalue weighted by Crippen LogP contribution is -2.39. The molecule has 6 heteroatoms. The van der Waals surface area contributed by atoms with E-state index in [-0.39, 0.29) is 6.42 Å². The molecule has 13 heavy (non-hydrogen) atoms. The van der Waals surface area contributed by atoms with Gasteiger partial charge in [0.25, 0.3) is 0 Å². The van der Waals surface area contributed by atoms with E-state index in [0.29, 0.717) is 5.69 Å². The Morgan fingerprint density at radius 1 is 1.62 bits per heavy atom. The maximum Gasteiger partial charge on any atom is 0.404 e. The van der Waals surface area contributed by atoms with Crippen molar-refractivity contribution in [2.24, 2.45) is 12.8 Å². The molecule has 0 amide bonds. The van der Waals surface area contributed by atoms with E-state index in [2.05, 4.69) is 4.98 Å². The summed E-state index contributed by atoms with van der Waals surface area (Å²) in [6.07, 6.45) is -1.66. The second-order valence-electron chi connectivity index (χ2n) is 2.88. The molecule has 0 spiro atoms. The molecule has 0 aromatic carbocycles. The molecule has 1 aromatic heterocycles. The summed E-state index contributed by atoms with van der Waals surface area (Å²) in [5.41, 5.74) is 5.27. The highest BCUT2D eigenvalue weighted by Gasteiger charge is 2.36. The fraction of sp³-hybridized carbons (Fsp3) is 0.571. The minimum absolute atomic E-state index is 0.273. The quantitative estimate of drug-likeness (QED) is 0.756. The second kappa shape index (κ2) is 3.37. The molecule has 1 unspecified atom stereocenters. The molecular weight excluding hydrogens is 183 g/mol. The van der Waals surface area contributed by atoms with Crippen LogP contribution >= 0.6 is 0 Å². The monoisotopic (exact) mass is 193 g/mol. The van der Waals surface area contributed by atoms with E-state index >= 15 is 0 Å². The van der Waals surface area contributed by atoms with E-state index in [1.54, 1.807) is 11.6 Å². The summed E-state index contributed by atoms with van der Waals surface area (Å²) in [5, 5.41) is 0. The molecular formula is C7H10F3N3. The average molecular weight is 193 g/mol. The van der Waals surface area contributed by atoms with Crippen LogP contribution in [0.25, 0.3) is 0 Å². The number of hydrogen-bond acceptors (Lipinski definition) is 2. The largest absolute Gasteiger partial charge is 0.404 e. The maximum atomic E-state index is 12.0. The molecule has 0 fully saturated rings. The van der Waals surface area contributed by atoms with E-state index in [9.17, 15) is 13.2 Å². The predicted octanol–water partition coefficient (Wildman–Crippen LogP) is 0.852. The fourth-order valence-electron chi connectivity index (χ4n) is 0.913. The van der Waals surface area contributed by atoms with Crippen LogP contribution in [0.1, 0.15) is 5.69 Å². The molecule has 2 N–H and O–H groups in total. The Bertz CT molecular complexity index is 279. The van der Waals surface area contributed by atoms with Crippen molar-refractivity contribution in [1.29, 1.82) is 0 Å². The van der Waals surface area contributed by atoms with Gasteiger partial charge in [0.2, 0.25) is 0 Å². The van der Waals surface area contributed by atoms with E-state index < -0.39 is 12.2 Å². The predicted molar refractivity (Wildman–Crippen MR) is 40.9 cm³/mol. The smallest absolute Gasteiger partial charge is 0.340 e. The zero-order chi connectivity index (χ0) is 10.1. The van der Waals surface area contributed by atoms with Crippen LogP contribution in [0.2, 0.25) is 0 Å². The topological polar surface area (TPSA) is 43.8 Å². The van der Waals surface area contributed by atoms with Gasteiger partial charge in [0.15, 0.2) is 0 Å². The lowest BCUT2D eigenvalue weighted by molar-refractivity contribution is -0.147. The van der Waals surface area contributed by atoms with Gasteiger partial charge in [-0.1, -0.05) is 0 Å². The third kappa shape index (κ3) is 2.73. The van der Waals surface area contributed by atoms with Crippen LogP contribution in [0.3, 0.4) is 0 Å². The summed E-state index contributed by atoms with van der Waals surface area (Å²) in [5.74, 6) is 0. The van der Waals surface area contributed by atoms with Crippen molar-refractivity contribution in [2.45, 2.75) is 18.6 Å². The van der Waals surface area contributed by atoms with Crippen molar-refractivity contribution in [3.63, 3.8) is 0 Å². The number of aryl methyl sites for hydroxylation is 1. The van der Waals surface area contributed by atoms with Crippen molar-refractivity contribution >= 4 is 0 Å². The molecule has 1 rings (SSSR count). The van der Waals surface area contributed by atoms with E-state index in [1.807, 2.05) is 0 Å². The molecule has 0 bridgehead atoms. The van der Waals surface area contributed by atoms with Crippen LogP contribution in [0.5, 0.6) is 0 Å². The number of alkyl halides is 3. The number of imidazole rings is 1. The third-order valence-corrected chi connectivity index (χ3v) is 1.61. The zero-order valence-electron chi connectivity index (χ0n) is 7.04. The van der Waals surface area contributed by atoms with Gasteiger partial charge in [-0.15, -0.1) is 0 Å². The Balaban J connectivity index is 2.60. The van der Waals surface area contributed by atoms with E-state index in [0.717, 1.165) is 0 Å². The third-order valence-electron chi connectivity index (χ3n) is 1.61. The van der Waals surface area contributed by atoms with Crippen molar-refractivity contribution in [2.75, 3.05) is 0 Å². The highest BCUT2D eigenvalue weighted by molar-refractivity contribution is 4.99. The van der Waals surface area contributed by atoms with Gasteiger partial charge in [0.1, 0.15) is 6.04 Å². The standard InChI is InChI=1S/C7H10F3N3/c1-13-3-5(12-4-13)2-6(11)7(8,9)10/h3-4,6H,2,11H2,1H3. The fourth-order valence-corrected chi connectivity index (χ4v) is 0.913. The first-order chi connectivity index (χ1) is 5.89. The van der Waals surface area contributed by atoms with Gasteiger partial charge >= 0.3 is 6.18 Å². The average Bonchev–Trinajstić information content (AvgIpc) is 2.33. The molecule has 1 aromatic rings. The summed E-state index contributed by atoms with van der Waals surface area (Å²) < 4.78 is 37.5. The van der Waals surface area contributed by atoms with Gasteiger partial charge in [-0.3, -0.25) is 0 Å². The van der Waals surface area contributed by atoms with Crippen molar-refractivity contribution in [1.82, 2.24) is 9.55 Å². The first kappa shape index (κ1) is 10.0. The van der Waals surface area contributed by atoms with Crippen LogP contribution < -0.4 is 5.73 Å². The van der Waals surface area contributed by atoms with E-state index in [1.165, 1.54) is 12.5 Å². The minimum atomic E-state index is -4.35. The SMILES string of the molecule is Cn1cnc(CC(N)C(F)(F)F)c1. The molecule has 0 aliphatic heterocycles. The molecule has 3 nitrogen and oxygen atoms in total. The normalized spacial score (nSPS) is 14.5. The van der Waals surface area contributed by atoms with Gasteiger partial charge in [0, 0.05) is 19.7 Å². The summed E-state index contributed by atoms with van der Waals surface area (Å²) in [4.78, 5) is 3.75. The molecule has 1 heterocycles. The van der Waals surface area contributed by atoms with Crippen LogP contribution in [0.4, 0.5) is 13.2 Å². The van der Waals surface area contributed by atoms with Crippen LogP contribution in [-0.4, -0.2) is 21.8 Å². The lowest BCUT2D eigenvalue weighted by Gasteiger charge is -2.13. The highest BCUT2D eigenvalue weighted by Crippen LogP contribution is 2.20. The Morgan fingerprint density at radius 2 is 2.23 bits per heavy atom. The second-order valence-corrected chi connectivity index (χ2v) is 2.88. The Labute approximate surface area is 73.4 Å². The summed E-state index contributed by atoms with van der Waals surface area (Å²) >= 11 is 0. The van der Waals surface area contributed by atoms with Crippen molar-refractivity contribution < 1.29 is 13.2 Å². The number of halogens is 3. The Hall–Kier alpha value is -1.04.